The van der Waals surface area contributed by atoms with Crippen molar-refractivity contribution in [3.8, 4) is 0 Å². The number of hydrogen-bond donors (Lipinski definition) is 2. The van der Waals surface area contributed by atoms with Crippen LogP contribution in [0.15, 0.2) is 12.7 Å². The minimum Gasteiger partial charge on any atom is -0.388 e. The van der Waals surface area contributed by atoms with Gasteiger partial charge in [-0.05, 0) is 18.9 Å². The number of allylic oxidation sites excluding steroid dienone is 1. The summed E-state index contributed by atoms with van der Waals surface area (Å²) in [5, 5.41) is 6.95. The molecule has 0 heterocycles. The number of hydrogen-bond acceptors (Lipinski definition) is 2. The molecule has 0 rings (SSSR count). The van der Waals surface area contributed by atoms with Crippen LogP contribution in [-0.4, -0.2) is 11.6 Å². The molecule has 0 atom stereocenters. The summed E-state index contributed by atoms with van der Waals surface area (Å²) in [5.74, 6) is 0.322. The van der Waals surface area contributed by atoms with Crippen molar-refractivity contribution >= 4 is 11.6 Å². The molecule has 0 aliphatic rings. The van der Waals surface area contributed by atoms with Crippen molar-refractivity contribution in [3.05, 3.63) is 12.7 Å². The van der Waals surface area contributed by atoms with Gasteiger partial charge in [0.1, 0.15) is 0 Å². The van der Waals surface area contributed by atoms with Crippen LogP contribution in [0.1, 0.15) is 32.1 Å². The predicted molar refractivity (Wildman–Crippen MR) is 50.2 cm³/mol. The summed E-state index contributed by atoms with van der Waals surface area (Å²) in [6, 6.07) is 0. The average Bonchev–Trinajstić information content (AvgIpc) is 2.03. The molecule has 0 saturated carbocycles. The van der Waals surface area contributed by atoms with Gasteiger partial charge in [-0.1, -0.05) is 13.0 Å². The van der Waals surface area contributed by atoms with Gasteiger partial charge in [-0.15, -0.1) is 0 Å². The van der Waals surface area contributed by atoms with Crippen molar-refractivity contribution < 1.29 is 4.79 Å². The molecule has 0 aliphatic heterocycles. The van der Waals surface area contributed by atoms with Gasteiger partial charge >= 0.3 is 0 Å². The van der Waals surface area contributed by atoms with Gasteiger partial charge in [-0.3, -0.25) is 10.2 Å². The van der Waals surface area contributed by atoms with Gasteiger partial charge in [0.25, 0.3) is 0 Å². The Hall–Kier alpha value is -1.12. The van der Waals surface area contributed by atoms with Crippen molar-refractivity contribution in [2.45, 2.75) is 32.1 Å². The number of carbonyl (C=O) groups excluding carboxylic acids is 1. The minimum atomic E-state index is 0.0952. The van der Waals surface area contributed by atoms with Crippen LogP contribution in [-0.2, 0) is 4.79 Å². The standard InChI is InChI=1S/C9H16N2O/c1-2-8(12)6-4-3-5-7-9(10)11/h2H,1,3-7H2,(H3,10,11). The lowest BCUT2D eigenvalue weighted by Gasteiger charge is -1.97. The summed E-state index contributed by atoms with van der Waals surface area (Å²) in [5.41, 5.74) is 5.16. The first-order chi connectivity index (χ1) is 5.66. The van der Waals surface area contributed by atoms with Gasteiger partial charge in [0.2, 0.25) is 0 Å². The van der Waals surface area contributed by atoms with Crippen molar-refractivity contribution in [2.24, 2.45) is 5.73 Å². The summed E-state index contributed by atoms with van der Waals surface area (Å²) in [6.07, 6.45) is 5.30. The molecular formula is C9H16N2O. The molecule has 0 fully saturated rings. The first-order valence-electron chi connectivity index (χ1n) is 4.15. The monoisotopic (exact) mass is 168 g/mol. The summed E-state index contributed by atoms with van der Waals surface area (Å²) in [6.45, 7) is 3.38. The smallest absolute Gasteiger partial charge is 0.155 e. The molecule has 0 spiro atoms. The van der Waals surface area contributed by atoms with Crippen molar-refractivity contribution in [1.82, 2.24) is 0 Å². The van der Waals surface area contributed by atoms with E-state index in [1.165, 1.54) is 6.08 Å². The maximum absolute atomic E-state index is 10.7. The number of unbranched alkanes of at least 4 members (excludes halogenated alkanes) is 2. The number of rotatable bonds is 7. The quantitative estimate of drug-likeness (QED) is 0.262. The second kappa shape index (κ2) is 6.58. The maximum atomic E-state index is 10.7. The maximum Gasteiger partial charge on any atom is 0.155 e. The molecule has 3 nitrogen and oxygen atoms in total. The van der Waals surface area contributed by atoms with E-state index in [1.807, 2.05) is 0 Å². The van der Waals surface area contributed by atoms with E-state index < -0.39 is 0 Å². The molecule has 0 aromatic rings. The summed E-state index contributed by atoms with van der Waals surface area (Å²) < 4.78 is 0. The third-order valence-electron chi connectivity index (χ3n) is 1.60. The molecular weight excluding hydrogens is 152 g/mol. The highest BCUT2D eigenvalue weighted by molar-refractivity contribution is 5.88. The zero-order valence-corrected chi connectivity index (χ0v) is 7.31. The van der Waals surface area contributed by atoms with E-state index in [0.29, 0.717) is 12.8 Å². The molecule has 12 heavy (non-hydrogen) atoms. The van der Waals surface area contributed by atoms with Crippen LogP contribution in [0.5, 0.6) is 0 Å². The van der Waals surface area contributed by atoms with Crippen LogP contribution in [0.3, 0.4) is 0 Å². The molecule has 0 bridgehead atoms. The van der Waals surface area contributed by atoms with E-state index in [9.17, 15) is 4.79 Å². The number of carbonyl (C=O) groups is 1. The van der Waals surface area contributed by atoms with E-state index in [-0.39, 0.29) is 11.6 Å². The normalized spacial score (nSPS) is 9.33. The average molecular weight is 168 g/mol. The van der Waals surface area contributed by atoms with Crippen LogP contribution in [0, 0.1) is 5.41 Å². The van der Waals surface area contributed by atoms with E-state index in [0.717, 1.165) is 19.3 Å². The van der Waals surface area contributed by atoms with Gasteiger partial charge in [-0.2, -0.15) is 0 Å². The highest BCUT2D eigenvalue weighted by Gasteiger charge is 1.95. The molecule has 0 saturated heterocycles. The fraction of sp³-hybridized carbons (Fsp3) is 0.556. The zero-order chi connectivity index (χ0) is 9.40. The largest absolute Gasteiger partial charge is 0.388 e. The van der Waals surface area contributed by atoms with Crippen LogP contribution in [0.2, 0.25) is 0 Å². The Morgan fingerprint density at radius 3 is 2.42 bits per heavy atom. The lowest BCUT2D eigenvalue weighted by atomic mass is 10.1. The number of ketones is 1. The minimum absolute atomic E-state index is 0.0952. The number of nitrogens with one attached hydrogen (secondary N) is 1. The highest BCUT2D eigenvalue weighted by Crippen LogP contribution is 2.03. The predicted octanol–water partition coefficient (Wildman–Crippen LogP) is 1.63. The lowest BCUT2D eigenvalue weighted by Crippen LogP contribution is -2.08. The molecule has 0 aromatic heterocycles. The molecule has 0 radical (unpaired) electrons. The third kappa shape index (κ3) is 6.99. The molecule has 3 N–H and O–H groups in total. The van der Waals surface area contributed by atoms with Crippen molar-refractivity contribution in [3.63, 3.8) is 0 Å². The van der Waals surface area contributed by atoms with Crippen molar-refractivity contribution in [1.29, 1.82) is 5.41 Å². The molecule has 0 amide bonds. The number of nitrogens with two attached hydrogens (primary N) is 1. The Labute approximate surface area is 73.2 Å². The fourth-order valence-electron chi connectivity index (χ4n) is 0.894. The van der Waals surface area contributed by atoms with E-state index in [1.54, 1.807) is 0 Å². The Balaban J connectivity index is 3.16. The van der Waals surface area contributed by atoms with Crippen LogP contribution < -0.4 is 5.73 Å². The topological polar surface area (TPSA) is 66.9 Å². The van der Waals surface area contributed by atoms with E-state index in [4.69, 9.17) is 11.1 Å². The van der Waals surface area contributed by atoms with Gasteiger partial charge in [0.05, 0.1) is 5.84 Å². The highest BCUT2D eigenvalue weighted by atomic mass is 16.1. The molecule has 0 aromatic carbocycles. The lowest BCUT2D eigenvalue weighted by molar-refractivity contribution is -0.114. The summed E-state index contributed by atoms with van der Waals surface area (Å²) in [4.78, 5) is 10.7. The Morgan fingerprint density at radius 1 is 1.33 bits per heavy atom. The van der Waals surface area contributed by atoms with Gasteiger partial charge in [0, 0.05) is 12.8 Å². The molecule has 68 valence electrons. The zero-order valence-electron chi connectivity index (χ0n) is 7.31. The molecule has 3 heteroatoms. The fourth-order valence-corrected chi connectivity index (χ4v) is 0.894. The van der Waals surface area contributed by atoms with E-state index >= 15 is 0 Å². The summed E-state index contributed by atoms with van der Waals surface area (Å²) >= 11 is 0. The number of amidine groups is 1. The van der Waals surface area contributed by atoms with Gasteiger partial charge < -0.3 is 5.73 Å². The molecule has 0 aliphatic carbocycles. The Morgan fingerprint density at radius 2 is 1.92 bits per heavy atom. The SMILES string of the molecule is C=CC(=O)CCCCCC(=N)N. The third-order valence-corrected chi connectivity index (χ3v) is 1.60. The van der Waals surface area contributed by atoms with Crippen LogP contribution >= 0.6 is 0 Å². The van der Waals surface area contributed by atoms with Crippen LogP contribution in [0.25, 0.3) is 0 Å². The Bertz CT molecular complexity index is 175. The van der Waals surface area contributed by atoms with Crippen LogP contribution in [0.4, 0.5) is 0 Å². The second-order valence-electron chi connectivity index (χ2n) is 2.76. The van der Waals surface area contributed by atoms with Crippen molar-refractivity contribution in [2.75, 3.05) is 0 Å². The summed E-state index contributed by atoms with van der Waals surface area (Å²) in [7, 11) is 0. The Kier molecular flexibility index (Phi) is 5.97. The van der Waals surface area contributed by atoms with Gasteiger partial charge in [-0.25, -0.2) is 0 Å². The van der Waals surface area contributed by atoms with Gasteiger partial charge in [0.15, 0.2) is 5.78 Å². The second-order valence-corrected chi connectivity index (χ2v) is 2.76. The molecule has 0 unspecified atom stereocenters. The first-order valence-corrected chi connectivity index (χ1v) is 4.15. The first kappa shape index (κ1) is 10.9. The van der Waals surface area contributed by atoms with E-state index in [2.05, 4.69) is 6.58 Å².